The SMILES string of the molecule is CCNc1ccnc(C(=O)N2CCC(OCC)CC2)c1. The van der Waals surface area contributed by atoms with Crippen molar-refractivity contribution < 1.29 is 9.53 Å². The number of anilines is 1. The van der Waals surface area contributed by atoms with E-state index in [0.29, 0.717) is 11.8 Å². The minimum absolute atomic E-state index is 0.0136. The fraction of sp³-hybridized carbons (Fsp3) is 0.600. The smallest absolute Gasteiger partial charge is 0.272 e. The molecule has 1 saturated heterocycles. The van der Waals surface area contributed by atoms with Crippen molar-refractivity contribution in [1.29, 1.82) is 0 Å². The Morgan fingerprint density at radius 3 is 2.85 bits per heavy atom. The summed E-state index contributed by atoms with van der Waals surface area (Å²) in [5.41, 5.74) is 1.45. The monoisotopic (exact) mass is 277 g/mol. The minimum atomic E-state index is 0.0136. The first-order chi connectivity index (χ1) is 9.74. The van der Waals surface area contributed by atoms with Gasteiger partial charge in [0.25, 0.3) is 5.91 Å². The maximum Gasteiger partial charge on any atom is 0.272 e. The van der Waals surface area contributed by atoms with E-state index >= 15 is 0 Å². The molecule has 0 saturated carbocycles. The summed E-state index contributed by atoms with van der Waals surface area (Å²) in [6, 6.07) is 3.70. The predicted octanol–water partition coefficient (Wildman–Crippen LogP) is 2.15. The molecule has 0 radical (unpaired) electrons. The number of amides is 1. The van der Waals surface area contributed by atoms with Gasteiger partial charge in [-0.3, -0.25) is 9.78 Å². The lowest BCUT2D eigenvalue weighted by molar-refractivity contribution is 0.0144. The van der Waals surface area contributed by atoms with Gasteiger partial charge >= 0.3 is 0 Å². The largest absolute Gasteiger partial charge is 0.385 e. The van der Waals surface area contributed by atoms with Crippen molar-refractivity contribution in [3.05, 3.63) is 24.0 Å². The Balaban J connectivity index is 1.96. The topological polar surface area (TPSA) is 54.5 Å². The summed E-state index contributed by atoms with van der Waals surface area (Å²) in [5, 5.41) is 3.20. The van der Waals surface area contributed by atoms with Crippen LogP contribution in [0.5, 0.6) is 0 Å². The number of aromatic nitrogens is 1. The minimum Gasteiger partial charge on any atom is -0.385 e. The van der Waals surface area contributed by atoms with Gasteiger partial charge in [0.05, 0.1) is 6.10 Å². The van der Waals surface area contributed by atoms with E-state index in [1.54, 1.807) is 6.20 Å². The second-order valence-electron chi connectivity index (χ2n) is 4.91. The van der Waals surface area contributed by atoms with E-state index in [4.69, 9.17) is 4.74 Å². The number of ether oxygens (including phenoxy) is 1. The van der Waals surface area contributed by atoms with Crippen LogP contribution in [0.3, 0.4) is 0 Å². The normalized spacial score (nSPS) is 16.2. The number of piperidine rings is 1. The molecule has 0 bridgehead atoms. The number of nitrogens with zero attached hydrogens (tertiary/aromatic N) is 2. The number of hydrogen-bond acceptors (Lipinski definition) is 4. The Morgan fingerprint density at radius 2 is 2.20 bits per heavy atom. The number of likely N-dealkylation sites (tertiary alicyclic amines) is 1. The summed E-state index contributed by atoms with van der Waals surface area (Å²) >= 11 is 0. The second kappa shape index (κ2) is 7.24. The van der Waals surface area contributed by atoms with Crippen LogP contribution in [-0.4, -0.2) is 48.1 Å². The zero-order valence-corrected chi connectivity index (χ0v) is 12.3. The van der Waals surface area contributed by atoms with Crippen LogP contribution in [0.2, 0.25) is 0 Å². The Morgan fingerprint density at radius 1 is 1.45 bits per heavy atom. The van der Waals surface area contributed by atoms with Gasteiger partial charge in [0.15, 0.2) is 0 Å². The van der Waals surface area contributed by atoms with E-state index in [-0.39, 0.29) is 5.91 Å². The highest BCUT2D eigenvalue weighted by atomic mass is 16.5. The Labute approximate surface area is 120 Å². The van der Waals surface area contributed by atoms with Crippen molar-refractivity contribution in [3.63, 3.8) is 0 Å². The zero-order valence-electron chi connectivity index (χ0n) is 12.3. The molecule has 1 aromatic rings. The maximum absolute atomic E-state index is 12.4. The van der Waals surface area contributed by atoms with Crippen LogP contribution in [0.25, 0.3) is 0 Å². The molecule has 0 unspecified atom stereocenters. The van der Waals surface area contributed by atoms with Gasteiger partial charge in [0.2, 0.25) is 0 Å². The van der Waals surface area contributed by atoms with E-state index in [1.807, 2.05) is 30.9 Å². The van der Waals surface area contributed by atoms with Crippen molar-refractivity contribution in [1.82, 2.24) is 9.88 Å². The van der Waals surface area contributed by atoms with Crippen LogP contribution < -0.4 is 5.32 Å². The third-order valence-corrected chi connectivity index (χ3v) is 3.49. The van der Waals surface area contributed by atoms with Crippen molar-refractivity contribution >= 4 is 11.6 Å². The summed E-state index contributed by atoms with van der Waals surface area (Å²) in [7, 11) is 0. The van der Waals surface area contributed by atoms with Crippen LogP contribution in [0.15, 0.2) is 18.3 Å². The molecule has 0 aliphatic carbocycles. The summed E-state index contributed by atoms with van der Waals surface area (Å²) in [6.07, 6.45) is 3.79. The number of rotatable bonds is 5. The molecule has 2 heterocycles. The fourth-order valence-corrected chi connectivity index (χ4v) is 2.48. The van der Waals surface area contributed by atoms with Gasteiger partial charge in [0.1, 0.15) is 5.69 Å². The third-order valence-electron chi connectivity index (χ3n) is 3.49. The van der Waals surface area contributed by atoms with Gasteiger partial charge in [-0.25, -0.2) is 0 Å². The molecular weight excluding hydrogens is 254 g/mol. The second-order valence-corrected chi connectivity index (χ2v) is 4.91. The molecule has 1 aliphatic heterocycles. The number of carbonyl (C=O) groups is 1. The van der Waals surface area contributed by atoms with Crippen molar-refractivity contribution in [2.24, 2.45) is 0 Å². The molecule has 5 heteroatoms. The van der Waals surface area contributed by atoms with Gasteiger partial charge in [-0.1, -0.05) is 0 Å². The Bertz CT molecular complexity index is 442. The lowest BCUT2D eigenvalue weighted by Gasteiger charge is -2.31. The van der Waals surface area contributed by atoms with E-state index in [0.717, 1.165) is 44.8 Å². The highest BCUT2D eigenvalue weighted by Gasteiger charge is 2.24. The van der Waals surface area contributed by atoms with Gasteiger partial charge in [-0.2, -0.15) is 0 Å². The molecule has 0 atom stereocenters. The van der Waals surface area contributed by atoms with Crippen LogP contribution in [0.1, 0.15) is 37.2 Å². The van der Waals surface area contributed by atoms with Gasteiger partial charge < -0.3 is 15.0 Å². The summed E-state index contributed by atoms with van der Waals surface area (Å²) in [5.74, 6) is 0.0136. The van der Waals surface area contributed by atoms with Gasteiger partial charge in [0, 0.05) is 38.1 Å². The summed E-state index contributed by atoms with van der Waals surface area (Å²) < 4.78 is 5.60. The van der Waals surface area contributed by atoms with Gasteiger partial charge in [-0.05, 0) is 38.8 Å². The number of pyridine rings is 1. The standard InChI is InChI=1S/C15H23N3O2/c1-3-16-12-5-8-17-14(11-12)15(19)18-9-6-13(7-10-18)20-4-2/h5,8,11,13H,3-4,6-7,9-10H2,1-2H3,(H,16,17). The first-order valence-corrected chi connectivity index (χ1v) is 7.35. The van der Waals surface area contributed by atoms with E-state index in [1.165, 1.54) is 0 Å². The molecule has 0 spiro atoms. The first kappa shape index (κ1) is 14.8. The van der Waals surface area contributed by atoms with Crippen LogP contribution in [0.4, 0.5) is 5.69 Å². The number of nitrogens with one attached hydrogen (secondary N) is 1. The van der Waals surface area contributed by atoms with E-state index < -0.39 is 0 Å². The highest BCUT2D eigenvalue weighted by Crippen LogP contribution is 2.17. The molecule has 1 aliphatic rings. The first-order valence-electron chi connectivity index (χ1n) is 7.35. The van der Waals surface area contributed by atoms with Crippen LogP contribution in [0, 0.1) is 0 Å². The quantitative estimate of drug-likeness (QED) is 0.896. The van der Waals surface area contributed by atoms with Crippen molar-refractivity contribution in [2.45, 2.75) is 32.8 Å². The average molecular weight is 277 g/mol. The molecule has 1 fully saturated rings. The molecule has 20 heavy (non-hydrogen) atoms. The molecule has 0 aromatic carbocycles. The van der Waals surface area contributed by atoms with Crippen molar-refractivity contribution in [2.75, 3.05) is 31.6 Å². The lowest BCUT2D eigenvalue weighted by Crippen LogP contribution is -2.41. The van der Waals surface area contributed by atoms with E-state index in [2.05, 4.69) is 10.3 Å². The van der Waals surface area contributed by atoms with Crippen LogP contribution >= 0.6 is 0 Å². The van der Waals surface area contributed by atoms with Gasteiger partial charge in [-0.15, -0.1) is 0 Å². The fourth-order valence-electron chi connectivity index (χ4n) is 2.48. The molecule has 5 nitrogen and oxygen atoms in total. The molecule has 1 aromatic heterocycles. The van der Waals surface area contributed by atoms with Crippen molar-refractivity contribution in [3.8, 4) is 0 Å². The average Bonchev–Trinajstić information content (AvgIpc) is 2.48. The Hall–Kier alpha value is -1.62. The molecule has 110 valence electrons. The lowest BCUT2D eigenvalue weighted by atomic mass is 10.1. The maximum atomic E-state index is 12.4. The van der Waals surface area contributed by atoms with Crippen LogP contribution in [-0.2, 0) is 4.74 Å². The highest BCUT2D eigenvalue weighted by molar-refractivity contribution is 5.93. The summed E-state index contributed by atoms with van der Waals surface area (Å²) in [6.45, 7) is 7.10. The molecule has 2 rings (SSSR count). The predicted molar refractivity (Wildman–Crippen MR) is 79.0 cm³/mol. The molecule has 1 amide bonds. The third kappa shape index (κ3) is 3.70. The number of carbonyl (C=O) groups excluding carboxylic acids is 1. The molecular formula is C15H23N3O2. The van der Waals surface area contributed by atoms with E-state index in [9.17, 15) is 4.79 Å². The Kier molecular flexibility index (Phi) is 5.35. The summed E-state index contributed by atoms with van der Waals surface area (Å²) in [4.78, 5) is 18.5. The zero-order chi connectivity index (χ0) is 14.4. The molecule has 1 N–H and O–H groups in total. The number of hydrogen-bond donors (Lipinski definition) is 1.